The fourth-order valence-electron chi connectivity index (χ4n) is 7.90. The lowest BCUT2D eigenvalue weighted by molar-refractivity contribution is 0.347. The molecule has 1 aliphatic heterocycles. The Morgan fingerprint density at radius 3 is 2.62 bits per heavy atom. The summed E-state index contributed by atoms with van der Waals surface area (Å²) in [7, 11) is 0. The van der Waals surface area contributed by atoms with Gasteiger partial charge in [0, 0.05) is 40.2 Å². The van der Waals surface area contributed by atoms with Crippen molar-refractivity contribution in [1.29, 1.82) is 0 Å². The number of allylic oxidation sites excluding steroid dienone is 12. The topological polar surface area (TPSA) is 3.24 Å². The molecule has 0 radical (unpaired) electrons. The quantitative estimate of drug-likeness (QED) is 0.257. The lowest BCUT2D eigenvalue weighted by atomic mass is 9.71. The monoisotopic (exact) mass is 583 g/mol. The fourth-order valence-corrected chi connectivity index (χ4v) is 8.24. The predicted octanol–water partition coefficient (Wildman–Crippen LogP) is 9.49. The van der Waals surface area contributed by atoms with Crippen LogP contribution in [0.15, 0.2) is 133 Å². The zero-order valence-corrected chi connectivity index (χ0v) is 24.2. The summed E-state index contributed by atoms with van der Waals surface area (Å²) in [5.41, 5.74) is 9.63. The summed E-state index contributed by atoms with van der Waals surface area (Å²) in [6, 6.07) is 17.2. The Kier molecular flexibility index (Phi) is 6.06. The van der Waals surface area contributed by atoms with Crippen LogP contribution in [-0.4, -0.2) is 16.9 Å². The van der Waals surface area contributed by atoms with E-state index in [0.717, 1.165) is 6.42 Å². The Morgan fingerprint density at radius 1 is 0.800 bits per heavy atom. The summed E-state index contributed by atoms with van der Waals surface area (Å²) >= 11 is 3.71. The molecule has 0 amide bonds. The normalized spacial score (nSPS) is 32.7. The van der Waals surface area contributed by atoms with E-state index in [1.807, 2.05) is 0 Å². The molecule has 2 aromatic rings. The molecule has 2 aromatic carbocycles. The molecule has 1 heterocycles. The van der Waals surface area contributed by atoms with Crippen molar-refractivity contribution in [2.24, 2.45) is 17.8 Å². The highest BCUT2D eigenvalue weighted by molar-refractivity contribution is 9.09. The number of rotatable bonds is 3. The number of benzene rings is 2. The van der Waals surface area contributed by atoms with E-state index >= 15 is 0 Å². The van der Waals surface area contributed by atoms with Crippen molar-refractivity contribution in [3.05, 3.63) is 144 Å². The van der Waals surface area contributed by atoms with Crippen LogP contribution in [0.25, 0.3) is 16.7 Å². The second kappa shape index (κ2) is 9.93. The minimum atomic E-state index is 0.391. The summed E-state index contributed by atoms with van der Waals surface area (Å²) in [6.45, 7) is 0. The molecule has 0 spiro atoms. The molecule has 2 heteroatoms. The van der Waals surface area contributed by atoms with Gasteiger partial charge in [-0.2, -0.15) is 0 Å². The molecule has 8 rings (SSSR count). The highest BCUT2D eigenvalue weighted by atomic mass is 79.9. The first-order chi connectivity index (χ1) is 19.7. The van der Waals surface area contributed by atoms with Crippen LogP contribution in [0.5, 0.6) is 0 Å². The number of nitrogens with zero attached hydrogens (tertiary/aromatic N) is 1. The molecule has 7 unspecified atom stereocenters. The molecule has 0 saturated heterocycles. The van der Waals surface area contributed by atoms with Crippen LogP contribution < -0.4 is 4.90 Å². The van der Waals surface area contributed by atoms with Gasteiger partial charge in [0.2, 0.25) is 0 Å². The summed E-state index contributed by atoms with van der Waals surface area (Å²) in [5, 5.41) is 0. The van der Waals surface area contributed by atoms with E-state index in [0.29, 0.717) is 40.6 Å². The van der Waals surface area contributed by atoms with Crippen molar-refractivity contribution in [1.82, 2.24) is 0 Å². The molecule has 0 aromatic heterocycles. The van der Waals surface area contributed by atoms with Gasteiger partial charge in [0.1, 0.15) is 0 Å². The Labute approximate surface area is 246 Å². The number of anilines is 1. The van der Waals surface area contributed by atoms with E-state index in [2.05, 4.69) is 148 Å². The average Bonchev–Trinajstić information content (AvgIpc) is 3.35. The van der Waals surface area contributed by atoms with Crippen LogP contribution in [0.4, 0.5) is 5.69 Å². The van der Waals surface area contributed by atoms with Gasteiger partial charge >= 0.3 is 0 Å². The van der Waals surface area contributed by atoms with Gasteiger partial charge in [-0.15, -0.1) is 0 Å². The molecular weight excluding hydrogens is 550 g/mol. The molecule has 6 aliphatic rings. The van der Waals surface area contributed by atoms with E-state index < -0.39 is 0 Å². The minimum absolute atomic E-state index is 0.391. The van der Waals surface area contributed by atoms with Gasteiger partial charge < -0.3 is 4.90 Å². The van der Waals surface area contributed by atoms with E-state index in [1.165, 1.54) is 51.9 Å². The van der Waals surface area contributed by atoms with Crippen molar-refractivity contribution in [2.75, 3.05) is 4.90 Å². The molecule has 0 N–H and O–H groups in total. The molecule has 5 aliphatic carbocycles. The van der Waals surface area contributed by atoms with Gasteiger partial charge in [0.25, 0.3) is 0 Å². The van der Waals surface area contributed by atoms with Gasteiger partial charge in [-0.05, 0) is 70.9 Å². The van der Waals surface area contributed by atoms with Crippen LogP contribution in [0.2, 0.25) is 0 Å². The third-order valence-electron chi connectivity index (χ3n) is 9.80. The van der Waals surface area contributed by atoms with Crippen molar-refractivity contribution < 1.29 is 0 Å². The van der Waals surface area contributed by atoms with Crippen molar-refractivity contribution >= 4 is 27.2 Å². The second-order valence-electron chi connectivity index (χ2n) is 12.0. The number of fused-ring (bicyclic) bond motifs is 6. The van der Waals surface area contributed by atoms with Gasteiger partial charge in [0.05, 0.1) is 6.04 Å². The van der Waals surface area contributed by atoms with Crippen LogP contribution in [0.3, 0.4) is 0 Å². The lowest BCUT2D eigenvalue weighted by Gasteiger charge is -2.46. The fraction of sp³-hybridized carbons (Fsp3) is 0.263. The number of hydrogen-bond acceptors (Lipinski definition) is 1. The maximum atomic E-state index is 3.71. The summed E-state index contributed by atoms with van der Waals surface area (Å²) < 4.78 is 0. The summed E-state index contributed by atoms with van der Waals surface area (Å²) in [6.07, 6.45) is 36.5. The first kappa shape index (κ1) is 24.4. The molecular formula is C38H34BrN. The van der Waals surface area contributed by atoms with Crippen molar-refractivity contribution in [3.63, 3.8) is 0 Å². The zero-order valence-electron chi connectivity index (χ0n) is 22.6. The summed E-state index contributed by atoms with van der Waals surface area (Å²) in [4.78, 5) is 3.27. The molecule has 0 fully saturated rings. The Morgan fingerprint density at radius 2 is 1.70 bits per heavy atom. The zero-order chi connectivity index (χ0) is 26.6. The Balaban J connectivity index is 1.21. The number of halogens is 1. The largest absolute Gasteiger partial charge is 0.360 e. The van der Waals surface area contributed by atoms with E-state index in [1.54, 1.807) is 0 Å². The second-order valence-corrected chi connectivity index (χ2v) is 13.2. The maximum absolute atomic E-state index is 3.71. The summed E-state index contributed by atoms with van der Waals surface area (Å²) in [5.74, 6) is 1.92. The Bertz CT molecular complexity index is 1590. The molecule has 40 heavy (non-hydrogen) atoms. The Hall–Kier alpha value is -3.36. The van der Waals surface area contributed by atoms with Crippen LogP contribution in [0, 0.1) is 17.8 Å². The first-order valence-corrected chi connectivity index (χ1v) is 15.8. The van der Waals surface area contributed by atoms with E-state index in [-0.39, 0.29) is 0 Å². The molecule has 1 nitrogen and oxygen atoms in total. The highest BCUT2D eigenvalue weighted by Crippen LogP contribution is 2.53. The van der Waals surface area contributed by atoms with Gasteiger partial charge in [-0.25, -0.2) is 0 Å². The van der Waals surface area contributed by atoms with Crippen LogP contribution in [0.1, 0.15) is 36.3 Å². The number of alkyl halides is 1. The molecule has 0 saturated carbocycles. The first-order valence-electron chi connectivity index (χ1n) is 14.9. The molecule has 7 atom stereocenters. The van der Waals surface area contributed by atoms with E-state index in [4.69, 9.17) is 0 Å². The van der Waals surface area contributed by atoms with Crippen molar-refractivity contribution in [2.45, 2.75) is 42.1 Å². The minimum Gasteiger partial charge on any atom is -0.360 e. The maximum Gasteiger partial charge on any atom is 0.0548 e. The SMILES string of the molecule is BrC1C=CC(c2cccc(-c3ccc4c(c3)C3C=CC5C=CC=CC5C3N4C3C=CC=C4C=CCCC43)c2)=CC1. The molecule has 0 bridgehead atoms. The standard InChI is InChI=1S/C38H34BrN/c39-31-19-15-25(16-20-31)28-10-5-11-29(23-28)30-18-22-37-35(24-30)34-21-17-27-8-2-4-13-33(27)38(34)40(37)36-14-6-9-26-7-1-3-12-32(26)36/h1-2,4-11,13-19,21-24,27,31-34,36,38H,3,12,20H2. The number of hydrogen-bond donors (Lipinski definition) is 0. The van der Waals surface area contributed by atoms with Gasteiger partial charge in [-0.1, -0.05) is 125 Å². The predicted molar refractivity (Wildman–Crippen MR) is 173 cm³/mol. The van der Waals surface area contributed by atoms with Crippen molar-refractivity contribution in [3.8, 4) is 11.1 Å². The lowest BCUT2D eigenvalue weighted by Crippen LogP contribution is -2.51. The molecule has 198 valence electrons. The third-order valence-corrected chi connectivity index (χ3v) is 10.5. The van der Waals surface area contributed by atoms with E-state index in [9.17, 15) is 0 Å². The van der Waals surface area contributed by atoms with Gasteiger partial charge in [-0.3, -0.25) is 0 Å². The van der Waals surface area contributed by atoms with Crippen LogP contribution >= 0.6 is 15.9 Å². The highest BCUT2D eigenvalue weighted by Gasteiger charge is 2.48. The van der Waals surface area contributed by atoms with Gasteiger partial charge in [0.15, 0.2) is 0 Å². The van der Waals surface area contributed by atoms with Crippen LogP contribution in [-0.2, 0) is 0 Å². The average molecular weight is 585 g/mol. The smallest absolute Gasteiger partial charge is 0.0548 e. The third kappa shape index (κ3) is 4.03.